The van der Waals surface area contributed by atoms with Gasteiger partial charge < -0.3 is 19.9 Å². The molecule has 0 saturated carbocycles. The number of rotatable bonds is 4. The first-order valence-corrected chi connectivity index (χ1v) is 8.81. The molecule has 0 unspecified atom stereocenters. The third-order valence-corrected chi connectivity index (χ3v) is 4.22. The zero-order chi connectivity index (χ0) is 20.1. The molecular weight excluding hydrogens is 375 g/mol. The zero-order valence-electron chi connectivity index (χ0n) is 15.2. The highest BCUT2D eigenvalue weighted by molar-refractivity contribution is 5.68. The van der Waals surface area contributed by atoms with Crippen LogP contribution in [0.15, 0.2) is 36.5 Å². The first-order valence-electron chi connectivity index (χ1n) is 8.81. The van der Waals surface area contributed by atoms with Gasteiger partial charge >= 0.3 is 12.3 Å². The number of halogens is 3. The number of hydrogen-bond acceptors (Lipinski definition) is 6. The summed E-state index contributed by atoms with van der Waals surface area (Å²) >= 11 is 0. The quantitative estimate of drug-likeness (QED) is 0.854. The monoisotopic (exact) mass is 395 g/mol. The Labute approximate surface area is 160 Å². The molecule has 150 valence electrons. The van der Waals surface area contributed by atoms with Crippen molar-refractivity contribution < 1.29 is 22.7 Å². The van der Waals surface area contributed by atoms with Crippen molar-refractivity contribution in [3.63, 3.8) is 0 Å². The molecule has 1 aliphatic rings. The predicted molar refractivity (Wildman–Crippen MR) is 97.6 cm³/mol. The van der Waals surface area contributed by atoms with Crippen molar-refractivity contribution in [2.24, 2.45) is 0 Å². The van der Waals surface area contributed by atoms with Gasteiger partial charge in [0.05, 0.1) is 12.2 Å². The summed E-state index contributed by atoms with van der Waals surface area (Å²) in [5, 5.41) is 2.81. The predicted octanol–water partition coefficient (Wildman–Crippen LogP) is 3.52. The average Bonchev–Trinajstić information content (AvgIpc) is 2.68. The highest BCUT2D eigenvalue weighted by Crippen LogP contribution is 2.31. The summed E-state index contributed by atoms with van der Waals surface area (Å²) in [5.74, 6) is 0.831. The molecule has 2 heterocycles. The van der Waals surface area contributed by atoms with Crippen LogP contribution in [0, 0.1) is 0 Å². The third-order valence-electron chi connectivity index (χ3n) is 4.22. The van der Waals surface area contributed by atoms with Crippen LogP contribution in [0.4, 0.5) is 35.4 Å². The number of carbonyl (C=O) groups excluding carboxylic acids is 1. The molecule has 0 aliphatic carbocycles. The van der Waals surface area contributed by atoms with E-state index in [1.165, 1.54) is 18.3 Å². The van der Waals surface area contributed by atoms with Gasteiger partial charge in [-0.05, 0) is 31.2 Å². The van der Waals surface area contributed by atoms with Gasteiger partial charge in [-0.3, -0.25) is 0 Å². The van der Waals surface area contributed by atoms with Gasteiger partial charge in [0.2, 0.25) is 5.95 Å². The van der Waals surface area contributed by atoms with E-state index in [2.05, 4.69) is 15.3 Å². The van der Waals surface area contributed by atoms with E-state index in [1.54, 1.807) is 17.9 Å². The summed E-state index contributed by atoms with van der Waals surface area (Å²) in [6, 6.07) is 6.57. The molecule has 1 saturated heterocycles. The van der Waals surface area contributed by atoms with Crippen LogP contribution in [0.25, 0.3) is 0 Å². The van der Waals surface area contributed by atoms with Crippen molar-refractivity contribution in [1.29, 1.82) is 0 Å². The van der Waals surface area contributed by atoms with Crippen LogP contribution in [-0.4, -0.2) is 53.7 Å². The number of ether oxygens (including phenoxy) is 1. The minimum Gasteiger partial charge on any atom is -0.450 e. The minimum atomic E-state index is -4.42. The second kappa shape index (κ2) is 8.32. The number of hydrogen-bond donors (Lipinski definition) is 1. The van der Waals surface area contributed by atoms with E-state index in [9.17, 15) is 18.0 Å². The second-order valence-electron chi connectivity index (χ2n) is 6.12. The standard InChI is InChI=1S/C18H20F3N5O2/c1-2-28-17(27)26-10-8-25(9-11-26)15-6-7-22-16(24-15)23-14-5-3-4-13(12-14)18(19,20)21/h3-7,12H,2,8-11H2,1H3,(H,22,23,24). The van der Waals surface area contributed by atoms with Crippen molar-refractivity contribution in [3.05, 3.63) is 42.1 Å². The number of alkyl halides is 3. The first-order chi connectivity index (χ1) is 13.4. The normalized spacial score (nSPS) is 14.7. The van der Waals surface area contributed by atoms with Crippen LogP contribution < -0.4 is 10.2 Å². The molecule has 10 heteroatoms. The highest BCUT2D eigenvalue weighted by Gasteiger charge is 2.30. The maximum Gasteiger partial charge on any atom is 0.416 e. The Morgan fingerprint density at radius 3 is 2.64 bits per heavy atom. The number of amides is 1. The average molecular weight is 395 g/mol. The van der Waals surface area contributed by atoms with Crippen LogP contribution in [0.5, 0.6) is 0 Å². The van der Waals surface area contributed by atoms with Gasteiger partial charge in [-0.15, -0.1) is 0 Å². The lowest BCUT2D eigenvalue weighted by molar-refractivity contribution is -0.137. The molecule has 7 nitrogen and oxygen atoms in total. The molecule has 3 rings (SSSR count). The molecule has 0 spiro atoms. The molecule has 0 radical (unpaired) electrons. The van der Waals surface area contributed by atoms with E-state index in [4.69, 9.17) is 4.74 Å². The lowest BCUT2D eigenvalue weighted by Crippen LogP contribution is -2.49. The molecule has 1 aliphatic heterocycles. The fraction of sp³-hybridized carbons (Fsp3) is 0.389. The Bertz CT molecular complexity index is 823. The summed E-state index contributed by atoms with van der Waals surface area (Å²) in [6.07, 6.45) is -3.22. The summed E-state index contributed by atoms with van der Waals surface area (Å²) in [4.78, 5) is 23.8. The molecule has 0 bridgehead atoms. The Balaban J connectivity index is 1.66. The molecule has 1 aromatic carbocycles. The van der Waals surface area contributed by atoms with Crippen molar-refractivity contribution in [1.82, 2.24) is 14.9 Å². The smallest absolute Gasteiger partial charge is 0.416 e. The van der Waals surface area contributed by atoms with Crippen LogP contribution in [0.1, 0.15) is 12.5 Å². The van der Waals surface area contributed by atoms with Gasteiger partial charge in [0.25, 0.3) is 0 Å². The fourth-order valence-electron chi connectivity index (χ4n) is 2.82. The maximum absolute atomic E-state index is 12.8. The van der Waals surface area contributed by atoms with E-state index in [0.29, 0.717) is 38.6 Å². The lowest BCUT2D eigenvalue weighted by Gasteiger charge is -2.34. The molecule has 2 aromatic rings. The molecular formula is C18H20F3N5O2. The largest absolute Gasteiger partial charge is 0.450 e. The Kier molecular flexibility index (Phi) is 5.86. The summed E-state index contributed by atoms with van der Waals surface area (Å²) < 4.78 is 43.5. The number of piperazine rings is 1. The Morgan fingerprint density at radius 1 is 1.21 bits per heavy atom. The van der Waals surface area contributed by atoms with Crippen LogP contribution in [0.2, 0.25) is 0 Å². The summed E-state index contributed by atoms with van der Waals surface area (Å²) in [6.45, 7) is 4.22. The fourth-order valence-corrected chi connectivity index (χ4v) is 2.82. The molecule has 1 aromatic heterocycles. The second-order valence-corrected chi connectivity index (χ2v) is 6.12. The molecule has 0 atom stereocenters. The van der Waals surface area contributed by atoms with Gasteiger partial charge in [0, 0.05) is 38.1 Å². The molecule has 1 fully saturated rings. The van der Waals surface area contributed by atoms with E-state index in [0.717, 1.165) is 12.1 Å². The summed E-state index contributed by atoms with van der Waals surface area (Å²) in [5.41, 5.74) is -0.497. The van der Waals surface area contributed by atoms with E-state index in [1.807, 2.05) is 4.90 Å². The van der Waals surface area contributed by atoms with Gasteiger partial charge in [-0.25, -0.2) is 9.78 Å². The van der Waals surface area contributed by atoms with Gasteiger partial charge in [0.1, 0.15) is 5.82 Å². The maximum atomic E-state index is 12.8. The SMILES string of the molecule is CCOC(=O)N1CCN(c2ccnc(Nc3cccc(C(F)(F)F)c3)n2)CC1. The molecule has 1 N–H and O–H groups in total. The Morgan fingerprint density at radius 2 is 1.96 bits per heavy atom. The molecule has 28 heavy (non-hydrogen) atoms. The number of benzene rings is 1. The Hall–Kier alpha value is -3.04. The lowest BCUT2D eigenvalue weighted by atomic mass is 10.2. The number of nitrogens with zero attached hydrogens (tertiary/aromatic N) is 4. The highest BCUT2D eigenvalue weighted by atomic mass is 19.4. The van der Waals surface area contributed by atoms with E-state index < -0.39 is 11.7 Å². The van der Waals surface area contributed by atoms with Gasteiger partial charge in [0.15, 0.2) is 0 Å². The van der Waals surface area contributed by atoms with Crippen LogP contribution in [0.3, 0.4) is 0 Å². The number of aromatic nitrogens is 2. The first kappa shape index (κ1) is 19.7. The molecule has 1 amide bonds. The van der Waals surface area contributed by atoms with Crippen molar-refractivity contribution in [2.75, 3.05) is 43.0 Å². The number of nitrogens with one attached hydrogen (secondary N) is 1. The third kappa shape index (κ3) is 4.81. The topological polar surface area (TPSA) is 70.6 Å². The van der Waals surface area contributed by atoms with Gasteiger partial charge in [-0.1, -0.05) is 6.07 Å². The van der Waals surface area contributed by atoms with E-state index in [-0.39, 0.29) is 17.7 Å². The van der Waals surface area contributed by atoms with E-state index >= 15 is 0 Å². The van der Waals surface area contributed by atoms with Gasteiger partial charge in [-0.2, -0.15) is 18.2 Å². The number of carbonyl (C=O) groups is 1. The van der Waals surface area contributed by atoms with Crippen LogP contribution >= 0.6 is 0 Å². The minimum absolute atomic E-state index is 0.199. The summed E-state index contributed by atoms with van der Waals surface area (Å²) in [7, 11) is 0. The van der Waals surface area contributed by atoms with Crippen LogP contribution in [-0.2, 0) is 10.9 Å². The van der Waals surface area contributed by atoms with Crippen molar-refractivity contribution >= 4 is 23.5 Å². The zero-order valence-corrected chi connectivity index (χ0v) is 15.2. The number of anilines is 3. The van der Waals surface area contributed by atoms with Crippen molar-refractivity contribution in [2.45, 2.75) is 13.1 Å². The van der Waals surface area contributed by atoms with Crippen molar-refractivity contribution in [3.8, 4) is 0 Å².